The maximum atomic E-state index is 13.1. The van der Waals surface area contributed by atoms with E-state index in [9.17, 15) is 24.3 Å². The summed E-state index contributed by atoms with van der Waals surface area (Å²) >= 11 is 3.89. The van der Waals surface area contributed by atoms with E-state index in [2.05, 4.69) is 28.2 Å². The first-order valence-corrected chi connectivity index (χ1v) is 12.0. The molecule has 1 aromatic heterocycles. The fourth-order valence-corrected chi connectivity index (χ4v) is 4.49. The lowest BCUT2D eigenvalue weighted by Crippen LogP contribution is -2.59. The maximum Gasteiger partial charge on any atom is 0.327 e. The van der Waals surface area contributed by atoms with Crippen LogP contribution in [0.4, 0.5) is 0 Å². The molecule has 5 atom stereocenters. The van der Waals surface area contributed by atoms with Crippen LogP contribution in [0.1, 0.15) is 25.3 Å². The minimum absolute atomic E-state index is 0.166. The number of aliphatic hydroxyl groups is 1. The third-order valence-corrected chi connectivity index (χ3v) is 6.50. The second kappa shape index (κ2) is 11.6. The van der Waals surface area contributed by atoms with Gasteiger partial charge in [0.25, 0.3) is 0 Å². The summed E-state index contributed by atoms with van der Waals surface area (Å²) in [5.41, 5.74) is 8.06. The molecule has 0 radical (unpaired) electrons. The van der Waals surface area contributed by atoms with Gasteiger partial charge in [0, 0.05) is 29.4 Å². The van der Waals surface area contributed by atoms with E-state index in [1.54, 1.807) is 0 Å². The number of H-pyrrole nitrogens is 1. The summed E-state index contributed by atoms with van der Waals surface area (Å²) in [6, 6.07) is 3.26. The molecule has 2 heterocycles. The standard InChI is InChI=1S/C23H31N5O6S/c1-12(29)19(21(31)26-17(11-35)23(33)34)27-20(30)18-7-4-8-28(18)22(32)15(24)9-13-10-25-16-6-3-2-5-14(13)16/h2-3,5-6,10,12,15,17-19,25,29,35H,4,7-9,11,24H2,1H3,(H,26,31)(H,27,30)(H,33,34). The van der Waals surface area contributed by atoms with E-state index in [4.69, 9.17) is 10.8 Å². The third kappa shape index (κ3) is 6.13. The molecule has 0 spiro atoms. The lowest BCUT2D eigenvalue weighted by molar-refractivity contribution is -0.143. The molecule has 12 heteroatoms. The Hall–Kier alpha value is -3.09. The van der Waals surface area contributed by atoms with Gasteiger partial charge in [-0.15, -0.1) is 0 Å². The molecule has 190 valence electrons. The molecule has 1 saturated heterocycles. The van der Waals surface area contributed by atoms with Crippen LogP contribution in [-0.2, 0) is 25.6 Å². The van der Waals surface area contributed by atoms with Gasteiger partial charge in [0.2, 0.25) is 17.7 Å². The van der Waals surface area contributed by atoms with Gasteiger partial charge < -0.3 is 36.5 Å². The lowest BCUT2D eigenvalue weighted by Gasteiger charge is -2.29. The van der Waals surface area contributed by atoms with Crippen molar-refractivity contribution < 1.29 is 29.4 Å². The van der Waals surface area contributed by atoms with E-state index in [1.807, 2.05) is 30.5 Å². The monoisotopic (exact) mass is 505 g/mol. The molecular formula is C23H31N5O6S. The molecule has 0 aliphatic carbocycles. The van der Waals surface area contributed by atoms with Gasteiger partial charge in [0.1, 0.15) is 18.1 Å². The molecule has 0 saturated carbocycles. The zero-order valence-electron chi connectivity index (χ0n) is 19.3. The number of aromatic amines is 1. The molecule has 3 amide bonds. The van der Waals surface area contributed by atoms with Gasteiger partial charge in [-0.1, -0.05) is 18.2 Å². The first kappa shape index (κ1) is 26.5. The normalized spacial score (nSPS) is 19.1. The number of aromatic nitrogens is 1. The van der Waals surface area contributed by atoms with Gasteiger partial charge in [0.15, 0.2) is 0 Å². The van der Waals surface area contributed by atoms with Crippen molar-refractivity contribution in [1.29, 1.82) is 0 Å². The summed E-state index contributed by atoms with van der Waals surface area (Å²) in [6.45, 7) is 1.64. The minimum Gasteiger partial charge on any atom is -0.480 e. The van der Waals surface area contributed by atoms with Crippen molar-refractivity contribution in [2.45, 2.75) is 56.5 Å². The van der Waals surface area contributed by atoms with Crippen LogP contribution >= 0.6 is 12.6 Å². The number of carbonyl (C=O) groups is 4. The molecule has 2 aromatic rings. The van der Waals surface area contributed by atoms with Crippen LogP contribution in [0, 0.1) is 0 Å². The van der Waals surface area contributed by atoms with Crippen LogP contribution in [0.25, 0.3) is 10.9 Å². The van der Waals surface area contributed by atoms with E-state index in [1.165, 1.54) is 11.8 Å². The SMILES string of the molecule is CC(O)C(NC(=O)C1CCCN1C(=O)C(N)Cc1c[nH]c2ccccc12)C(=O)NC(CS)C(=O)O. The quantitative estimate of drug-likeness (QED) is 0.211. The molecule has 3 rings (SSSR count). The molecule has 1 aromatic carbocycles. The van der Waals surface area contributed by atoms with E-state index in [0.717, 1.165) is 16.5 Å². The predicted molar refractivity (Wildman–Crippen MR) is 132 cm³/mol. The lowest BCUT2D eigenvalue weighted by atomic mass is 10.0. The Bertz CT molecular complexity index is 1090. The topological polar surface area (TPSA) is 178 Å². The number of amides is 3. The van der Waals surface area contributed by atoms with Crippen LogP contribution in [0.2, 0.25) is 0 Å². The van der Waals surface area contributed by atoms with E-state index >= 15 is 0 Å². The number of hydrogen-bond donors (Lipinski definition) is 7. The summed E-state index contributed by atoms with van der Waals surface area (Å²) in [6.07, 6.45) is 1.75. The van der Waals surface area contributed by atoms with Crippen LogP contribution in [0.3, 0.4) is 0 Å². The number of likely N-dealkylation sites (tertiary alicyclic amines) is 1. The molecule has 7 N–H and O–H groups in total. The van der Waals surface area contributed by atoms with Gasteiger partial charge >= 0.3 is 5.97 Å². The van der Waals surface area contributed by atoms with Gasteiger partial charge in [-0.3, -0.25) is 14.4 Å². The molecule has 1 aliphatic heterocycles. The van der Waals surface area contributed by atoms with Crippen LogP contribution < -0.4 is 16.4 Å². The van der Waals surface area contributed by atoms with Crippen molar-refractivity contribution in [3.05, 3.63) is 36.0 Å². The molecule has 35 heavy (non-hydrogen) atoms. The van der Waals surface area contributed by atoms with Crippen molar-refractivity contribution in [1.82, 2.24) is 20.5 Å². The Morgan fingerprint density at radius 3 is 2.63 bits per heavy atom. The fraction of sp³-hybridized carbons (Fsp3) is 0.478. The number of fused-ring (bicyclic) bond motifs is 1. The zero-order chi connectivity index (χ0) is 25.7. The Balaban J connectivity index is 1.66. The maximum absolute atomic E-state index is 13.1. The van der Waals surface area contributed by atoms with Gasteiger partial charge in [-0.05, 0) is 37.8 Å². The van der Waals surface area contributed by atoms with Crippen molar-refractivity contribution in [2.24, 2.45) is 5.73 Å². The van der Waals surface area contributed by atoms with Crippen molar-refractivity contribution in [3.8, 4) is 0 Å². The Kier molecular flexibility index (Phi) is 8.76. The average Bonchev–Trinajstić information content (AvgIpc) is 3.47. The van der Waals surface area contributed by atoms with E-state index < -0.39 is 48.1 Å². The van der Waals surface area contributed by atoms with Crippen molar-refractivity contribution in [3.63, 3.8) is 0 Å². The highest BCUT2D eigenvalue weighted by Gasteiger charge is 2.38. The number of nitrogens with zero attached hydrogens (tertiary/aromatic N) is 1. The Morgan fingerprint density at radius 1 is 1.26 bits per heavy atom. The molecule has 5 unspecified atom stereocenters. The number of aliphatic hydroxyl groups excluding tert-OH is 1. The molecule has 0 bridgehead atoms. The summed E-state index contributed by atoms with van der Waals surface area (Å²) in [4.78, 5) is 54.4. The first-order valence-electron chi connectivity index (χ1n) is 11.4. The zero-order valence-corrected chi connectivity index (χ0v) is 20.2. The van der Waals surface area contributed by atoms with E-state index in [0.29, 0.717) is 19.4 Å². The van der Waals surface area contributed by atoms with Gasteiger partial charge in [-0.25, -0.2) is 4.79 Å². The Labute approximate surface area is 207 Å². The summed E-state index contributed by atoms with van der Waals surface area (Å²) in [5.74, 6) is -3.32. The average molecular weight is 506 g/mol. The number of benzene rings is 1. The first-order chi connectivity index (χ1) is 16.6. The van der Waals surface area contributed by atoms with Crippen LogP contribution in [0.5, 0.6) is 0 Å². The number of thiol groups is 1. The number of para-hydroxylation sites is 1. The number of carbonyl (C=O) groups excluding carboxylic acids is 3. The molecular weight excluding hydrogens is 474 g/mol. The third-order valence-electron chi connectivity index (χ3n) is 6.13. The number of carboxylic acid groups (broad SMARTS) is 1. The van der Waals surface area contributed by atoms with Crippen LogP contribution in [0.15, 0.2) is 30.5 Å². The number of nitrogens with one attached hydrogen (secondary N) is 3. The van der Waals surface area contributed by atoms with E-state index in [-0.39, 0.29) is 18.1 Å². The van der Waals surface area contributed by atoms with Crippen LogP contribution in [-0.4, -0.2) is 86.4 Å². The number of rotatable bonds is 10. The second-order valence-electron chi connectivity index (χ2n) is 8.67. The highest BCUT2D eigenvalue weighted by atomic mass is 32.1. The largest absolute Gasteiger partial charge is 0.480 e. The molecule has 1 aliphatic rings. The van der Waals surface area contributed by atoms with Gasteiger partial charge in [0.05, 0.1) is 12.1 Å². The summed E-state index contributed by atoms with van der Waals surface area (Å²) < 4.78 is 0. The van der Waals surface area contributed by atoms with Crippen molar-refractivity contribution in [2.75, 3.05) is 12.3 Å². The molecule has 1 fully saturated rings. The smallest absolute Gasteiger partial charge is 0.327 e. The van der Waals surface area contributed by atoms with Crippen molar-refractivity contribution >= 4 is 47.2 Å². The molecule has 11 nitrogen and oxygen atoms in total. The predicted octanol–water partition coefficient (Wildman–Crippen LogP) is -0.606. The summed E-state index contributed by atoms with van der Waals surface area (Å²) in [7, 11) is 0. The second-order valence-corrected chi connectivity index (χ2v) is 9.03. The summed E-state index contributed by atoms with van der Waals surface area (Å²) in [5, 5.41) is 24.8. The highest BCUT2D eigenvalue weighted by Crippen LogP contribution is 2.22. The number of nitrogens with two attached hydrogens (primary N) is 1. The number of hydrogen-bond acceptors (Lipinski definition) is 7. The number of carboxylic acids is 1. The fourth-order valence-electron chi connectivity index (χ4n) is 4.24. The number of aliphatic carboxylic acids is 1. The highest BCUT2D eigenvalue weighted by molar-refractivity contribution is 7.80. The Morgan fingerprint density at radius 2 is 1.97 bits per heavy atom. The minimum atomic E-state index is -1.40. The van der Waals surface area contributed by atoms with Gasteiger partial charge in [-0.2, -0.15) is 12.6 Å².